The summed E-state index contributed by atoms with van der Waals surface area (Å²) in [6, 6.07) is 11.8. The second-order valence-corrected chi connectivity index (χ2v) is 5.19. The van der Waals surface area contributed by atoms with Gasteiger partial charge in [-0.15, -0.1) is 11.3 Å². The van der Waals surface area contributed by atoms with Crippen LogP contribution in [0, 0.1) is 11.6 Å². The molecule has 0 amide bonds. The zero-order valence-corrected chi connectivity index (χ0v) is 10.5. The van der Waals surface area contributed by atoms with Crippen molar-refractivity contribution in [2.45, 2.75) is 0 Å². The highest BCUT2D eigenvalue weighted by Crippen LogP contribution is 2.28. The molecular weight excluding hydrogens is 266 g/mol. The Morgan fingerprint density at radius 1 is 1.00 bits per heavy atom. The van der Waals surface area contributed by atoms with Gasteiger partial charge in [-0.2, -0.15) is 0 Å². The lowest BCUT2D eigenvalue weighted by Crippen LogP contribution is -2.01. The molecule has 19 heavy (non-hydrogen) atoms. The van der Waals surface area contributed by atoms with Gasteiger partial charge in [0, 0.05) is 4.70 Å². The number of halogens is 2. The van der Waals surface area contributed by atoms with Crippen LogP contribution in [0.1, 0.15) is 15.2 Å². The summed E-state index contributed by atoms with van der Waals surface area (Å²) < 4.78 is 27.5. The predicted octanol–water partition coefficient (Wildman–Crippen LogP) is 4.41. The van der Waals surface area contributed by atoms with Gasteiger partial charge in [-0.05, 0) is 41.8 Å². The van der Waals surface area contributed by atoms with Crippen LogP contribution in [-0.4, -0.2) is 5.78 Å². The normalized spacial score (nSPS) is 10.8. The van der Waals surface area contributed by atoms with Crippen LogP contribution < -0.4 is 0 Å². The van der Waals surface area contributed by atoms with E-state index in [2.05, 4.69) is 0 Å². The van der Waals surface area contributed by atoms with E-state index in [0.29, 0.717) is 10.3 Å². The number of hydrogen-bond acceptors (Lipinski definition) is 2. The van der Waals surface area contributed by atoms with Crippen LogP contribution in [0.4, 0.5) is 8.78 Å². The van der Waals surface area contributed by atoms with Crippen LogP contribution in [0.2, 0.25) is 0 Å². The third-order valence-corrected chi connectivity index (χ3v) is 3.94. The van der Waals surface area contributed by atoms with Gasteiger partial charge >= 0.3 is 0 Å². The number of ketones is 1. The Hall–Kier alpha value is -2.07. The number of benzene rings is 2. The van der Waals surface area contributed by atoms with Crippen LogP contribution in [0.5, 0.6) is 0 Å². The lowest BCUT2D eigenvalue weighted by Gasteiger charge is -1.98. The smallest absolute Gasteiger partial charge is 0.205 e. The lowest BCUT2D eigenvalue weighted by molar-refractivity contribution is 0.103. The van der Waals surface area contributed by atoms with Crippen LogP contribution in [0.25, 0.3) is 10.1 Å². The molecule has 0 unspecified atom stereocenters. The molecule has 1 nitrogen and oxygen atoms in total. The van der Waals surface area contributed by atoms with Crippen molar-refractivity contribution in [1.82, 2.24) is 0 Å². The molecule has 1 aromatic heterocycles. The summed E-state index contributed by atoms with van der Waals surface area (Å²) in [6.45, 7) is 0. The monoisotopic (exact) mass is 274 g/mol. The van der Waals surface area contributed by atoms with Crippen molar-refractivity contribution in [2.24, 2.45) is 0 Å². The van der Waals surface area contributed by atoms with Crippen LogP contribution >= 0.6 is 11.3 Å². The Kier molecular flexibility index (Phi) is 2.87. The summed E-state index contributed by atoms with van der Waals surface area (Å²) in [7, 11) is 0. The Balaban J connectivity index is 2.09. The number of carbonyl (C=O) groups is 1. The quantitative estimate of drug-likeness (QED) is 0.633. The van der Waals surface area contributed by atoms with E-state index in [0.717, 1.165) is 4.70 Å². The van der Waals surface area contributed by atoms with Crippen LogP contribution in [0.3, 0.4) is 0 Å². The SMILES string of the molecule is O=C(c1cc2cc(F)ccc2s1)c1ccccc1F. The minimum Gasteiger partial charge on any atom is -0.288 e. The zero-order chi connectivity index (χ0) is 13.4. The second kappa shape index (κ2) is 4.55. The van der Waals surface area contributed by atoms with E-state index in [-0.39, 0.29) is 17.2 Å². The molecule has 3 rings (SSSR count). The van der Waals surface area contributed by atoms with Crippen molar-refractivity contribution in [3.8, 4) is 0 Å². The fraction of sp³-hybridized carbons (Fsp3) is 0. The van der Waals surface area contributed by atoms with Gasteiger partial charge in [0.05, 0.1) is 10.4 Å². The molecule has 0 fully saturated rings. The van der Waals surface area contributed by atoms with Gasteiger partial charge in [0.15, 0.2) is 0 Å². The molecule has 4 heteroatoms. The first kappa shape index (κ1) is 12.0. The molecule has 2 aromatic carbocycles. The first-order valence-electron chi connectivity index (χ1n) is 5.63. The maximum Gasteiger partial charge on any atom is 0.205 e. The summed E-state index contributed by atoms with van der Waals surface area (Å²) in [5.41, 5.74) is 0.0366. The van der Waals surface area contributed by atoms with E-state index in [9.17, 15) is 13.6 Å². The summed E-state index contributed by atoms with van der Waals surface area (Å²) in [6.07, 6.45) is 0. The number of carbonyl (C=O) groups excluding carboxylic acids is 1. The van der Waals surface area contributed by atoms with Crippen LogP contribution in [0.15, 0.2) is 48.5 Å². The van der Waals surface area contributed by atoms with Gasteiger partial charge in [0.2, 0.25) is 5.78 Å². The van der Waals surface area contributed by atoms with E-state index < -0.39 is 5.82 Å². The van der Waals surface area contributed by atoms with E-state index in [1.165, 1.54) is 41.7 Å². The number of fused-ring (bicyclic) bond motifs is 1. The van der Waals surface area contributed by atoms with Gasteiger partial charge in [0.1, 0.15) is 11.6 Å². The third-order valence-electron chi connectivity index (χ3n) is 2.82. The fourth-order valence-electron chi connectivity index (χ4n) is 1.90. The number of rotatable bonds is 2. The molecule has 0 atom stereocenters. The van der Waals surface area contributed by atoms with Gasteiger partial charge in [-0.1, -0.05) is 12.1 Å². The minimum absolute atomic E-state index is 0.0366. The predicted molar refractivity (Wildman–Crippen MR) is 71.6 cm³/mol. The van der Waals surface area contributed by atoms with Gasteiger partial charge in [-0.25, -0.2) is 8.78 Å². The largest absolute Gasteiger partial charge is 0.288 e. The Morgan fingerprint density at radius 2 is 1.79 bits per heavy atom. The maximum atomic E-state index is 13.6. The topological polar surface area (TPSA) is 17.1 Å². The summed E-state index contributed by atoms with van der Waals surface area (Å²) in [4.78, 5) is 12.6. The zero-order valence-electron chi connectivity index (χ0n) is 9.69. The highest BCUT2D eigenvalue weighted by molar-refractivity contribution is 7.21. The fourth-order valence-corrected chi connectivity index (χ4v) is 2.90. The molecule has 0 bridgehead atoms. The third kappa shape index (κ3) is 2.15. The molecule has 1 heterocycles. The van der Waals surface area contributed by atoms with Crippen LogP contribution in [-0.2, 0) is 0 Å². The molecule has 3 aromatic rings. The first-order chi connectivity index (χ1) is 9.15. The molecule has 0 aliphatic heterocycles. The van der Waals surface area contributed by atoms with E-state index in [4.69, 9.17) is 0 Å². The van der Waals surface area contributed by atoms with E-state index in [1.54, 1.807) is 18.2 Å². The molecule has 0 saturated carbocycles. The summed E-state index contributed by atoms with van der Waals surface area (Å²) in [5.74, 6) is -1.27. The Morgan fingerprint density at radius 3 is 2.58 bits per heavy atom. The molecule has 0 spiro atoms. The molecule has 0 aliphatic rings. The molecule has 94 valence electrons. The molecule has 0 radical (unpaired) electrons. The standard InChI is InChI=1S/C15H8F2OS/c16-10-5-6-13-9(7-10)8-14(19-13)15(18)11-3-1-2-4-12(11)17/h1-8H. The van der Waals surface area contributed by atoms with Crippen molar-refractivity contribution < 1.29 is 13.6 Å². The average Bonchev–Trinajstić information content (AvgIpc) is 2.81. The minimum atomic E-state index is -0.545. The number of hydrogen-bond donors (Lipinski definition) is 0. The van der Waals surface area contributed by atoms with Crippen molar-refractivity contribution in [1.29, 1.82) is 0 Å². The maximum absolute atomic E-state index is 13.6. The van der Waals surface area contributed by atoms with Gasteiger partial charge in [-0.3, -0.25) is 4.79 Å². The summed E-state index contributed by atoms with van der Waals surface area (Å²) >= 11 is 1.23. The van der Waals surface area contributed by atoms with Crippen molar-refractivity contribution in [3.05, 3.63) is 70.6 Å². The number of thiophene rings is 1. The second-order valence-electron chi connectivity index (χ2n) is 4.10. The highest BCUT2D eigenvalue weighted by Gasteiger charge is 2.16. The Labute approximate surface area is 112 Å². The van der Waals surface area contributed by atoms with Crippen molar-refractivity contribution in [2.75, 3.05) is 0 Å². The highest BCUT2D eigenvalue weighted by atomic mass is 32.1. The first-order valence-corrected chi connectivity index (χ1v) is 6.45. The van der Waals surface area contributed by atoms with Crippen molar-refractivity contribution in [3.63, 3.8) is 0 Å². The lowest BCUT2D eigenvalue weighted by atomic mass is 10.1. The molecular formula is C15H8F2OS. The summed E-state index contributed by atoms with van der Waals surface area (Å²) in [5, 5.41) is 0.657. The van der Waals surface area contributed by atoms with Gasteiger partial charge in [0.25, 0.3) is 0 Å². The average molecular weight is 274 g/mol. The van der Waals surface area contributed by atoms with E-state index >= 15 is 0 Å². The van der Waals surface area contributed by atoms with E-state index in [1.807, 2.05) is 0 Å². The molecule has 0 aliphatic carbocycles. The van der Waals surface area contributed by atoms with Gasteiger partial charge < -0.3 is 0 Å². The molecule has 0 saturated heterocycles. The Bertz CT molecular complexity index is 777. The molecule has 0 N–H and O–H groups in total. The van der Waals surface area contributed by atoms with Crippen molar-refractivity contribution >= 4 is 27.2 Å².